The summed E-state index contributed by atoms with van der Waals surface area (Å²) in [7, 11) is 0. The highest BCUT2D eigenvalue weighted by atomic mass is 19.1. The summed E-state index contributed by atoms with van der Waals surface area (Å²) < 4.78 is 13.5. The van der Waals surface area contributed by atoms with Gasteiger partial charge in [-0.1, -0.05) is 32.0 Å². The molecule has 0 saturated carbocycles. The zero-order valence-corrected chi connectivity index (χ0v) is 9.25. The first-order valence-corrected chi connectivity index (χ1v) is 4.90. The second-order valence-electron chi connectivity index (χ2n) is 4.16. The molecule has 0 unspecified atom stereocenters. The molecule has 1 amide bonds. The van der Waals surface area contributed by atoms with Crippen molar-refractivity contribution in [1.82, 2.24) is 5.32 Å². The van der Waals surface area contributed by atoms with Crippen LogP contribution in [0.5, 0.6) is 0 Å². The van der Waals surface area contributed by atoms with Gasteiger partial charge < -0.3 is 5.32 Å². The van der Waals surface area contributed by atoms with Crippen molar-refractivity contribution in [2.75, 3.05) is 6.54 Å². The summed E-state index contributed by atoms with van der Waals surface area (Å²) in [6, 6.07) is 7.87. The molecule has 0 aliphatic heterocycles. The summed E-state index contributed by atoms with van der Waals surface area (Å²) in [5.74, 6) is -1.01. The lowest BCUT2D eigenvalue weighted by Crippen LogP contribution is -2.36. The van der Waals surface area contributed by atoms with Gasteiger partial charge in [-0.2, -0.15) is 5.26 Å². The van der Waals surface area contributed by atoms with Gasteiger partial charge in [-0.25, -0.2) is 4.39 Å². The maximum Gasteiger partial charge on any atom is 0.322 e. The second kappa shape index (κ2) is 4.75. The molecule has 0 aromatic heterocycles. The van der Waals surface area contributed by atoms with Crippen LogP contribution in [0.15, 0.2) is 24.3 Å². The molecule has 0 saturated heterocycles. The van der Waals surface area contributed by atoms with Crippen molar-refractivity contribution in [3.63, 3.8) is 0 Å². The van der Waals surface area contributed by atoms with Crippen LogP contribution in [-0.4, -0.2) is 12.5 Å². The molecule has 84 valence electrons. The Morgan fingerprint density at radius 1 is 1.50 bits per heavy atom. The summed E-state index contributed by atoms with van der Waals surface area (Å²) >= 11 is 0. The number of nitrogens with one attached hydrogen (secondary N) is 1. The number of nitriles is 1. The molecule has 0 aliphatic carbocycles. The molecule has 1 aromatic rings. The molecule has 1 rings (SSSR count). The molecule has 3 nitrogen and oxygen atoms in total. The first-order chi connectivity index (χ1) is 7.47. The zero-order valence-electron chi connectivity index (χ0n) is 9.25. The zero-order chi connectivity index (χ0) is 12.2. The standard InChI is InChI=1S/C12H13FN2O/c1-12(2,8-15-11(16)7-14)9-5-3-4-6-10(9)13/h3-6H,8H2,1-2H3,(H,15,16). The number of hydrogen-bond acceptors (Lipinski definition) is 2. The van der Waals surface area contributed by atoms with Gasteiger partial charge in [-0.15, -0.1) is 0 Å². The van der Waals surface area contributed by atoms with E-state index in [-0.39, 0.29) is 12.4 Å². The van der Waals surface area contributed by atoms with Gasteiger partial charge in [-0.3, -0.25) is 4.79 Å². The summed E-state index contributed by atoms with van der Waals surface area (Å²) in [4.78, 5) is 10.8. The van der Waals surface area contributed by atoms with Gasteiger partial charge in [0.25, 0.3) is 0 Å². The van der Waals surface area contributed by atoms with Gasteiger partial charge >= 0.3 is 5.91 Å². The van der Waals surface area contributed by atoms with Gasteiger partial charge in [0.15, 0.2) is 6.07 Å². The minimum absolute atomic E-state index is 0.223. The van der Waals surface area contributed by atoms with Crippen molar-refractivity contribution in [3.05, 3.63) is 35.6 Å². The Morgan fingerprint density at radius 3 is 2.69 bits per heavy atom. The number of amides is 1. The highest BCUT2D eigenvalue weighted by Gasteiger charge is 2.24. The number of carbonyl (C=O) groups is 1. The van der Waals surface area contributed by atoms with E-state index in [0.29, 0.717) is 5.56 Å². The Bertz CT molecular complexity index is 435. The Balaban J connectivity index is 2.82. The van der Waals surface area contributed by atoms with Crippen molar-refractivity contribution in [2.45, 2.75) is 19.3 Å². The van der Waals surface area contributed by atoms with E-state index in [2.05, 4.69) is 5.32 Å². The maximum atomic E-state index is 13.5. The topological polar surface area (TPSA) is 52.9 Å². The average Bonchev–Trinajstić information content (AvgIpc) is 2.26. The molecule has 0 radical (unpaired) electrons. The third kappa shape index (κ3) is 2.80. The lowest BCUT2D eigenvalue weighted by atomic mass is 9.84. The van der Waals surface area contributed by atoms with Crippen molar-refractivity contribution in [1.29, 1.82) is 5.26 Å². The molecular weight excluding hydrogens is 207 g/mol. The van der Waals surface area contributed by atoms with Crippen LogP contribution in [-0.2, 0) is 10.2 Å². The minimum Gasteiger partial charge on any atom is -0.343 e. The predicted molar refractivity (Wildman–Crippen MR) is 58.0 cm³/mol. The van der Waals surface area contributed by atoms with Gasteiger partial charge in [0.1, 0.15) is 5.82 Å². The van der Waals surface area contributed by atoms with Crippen molar-refractivity contribution >= 4 is 5.91 Å². The Kier molecular flexibility index (Phi) is 3.62. The monoisotopic (exact) mass is 220 g/mol. The Morgan fingerprint density at radius 2 is 2.12 bits per heavy atom. The normalized spacial score (nSPS) is 10.6. The van der Waals surface area contributed by atoms with E-state index in [4.69, 9.17) is 5.26 Å². The summed E-state index contributed by atoms with van der Waals surface area (Å²) in [6.07, 6.45) is 0. The molecule has 0 aliphatic rings. The fourth-order valence-corrected chi connectivity index (χ4v) is 1.45. The van der Waals surface area contributed by atoms with Crippen molar-refractivity contribution in [3.8, 4) is 6.07 Å². The van der Waals surface area contributed by atoms with Crippen molar-refractivity contribution < 1.29 is 9.18 Å². The lowest BCUT2D eigenvalue weighted by Gasteiger charge is -2.25. The average molecular weight is 220 g/mol. The molecular formula is C12H13FN2O. The smallest absolute Gasteiger partial charge is 0.322 e. The molecule has 1 N–H and O–H groups in total. The van der Waals surface area contributed by atoms with Gasteiger partial charge in [-0.05, 0) is 11.6 Å². The van der Waals surface area contributed by atoms with Crippen LogP contribution in [0.4, 0.5) is 4.39 Å². The fourth-order valence-electron chi connectivity index (χ4n) is 1.45. The van der Waals surface area contributed by atoms with Crippen LogP contribution >= 0.6 is 0 Å². The largest absolute Gasteiger partial charge is 0.343 e. The highest BCUT2D eigenvalue weighted by molar-refractivity contribution is 5.91. The second-order valence-corrected chi connectivity index (χ2v) is 4.16. The van der Waals surface area contributed by atoms with E-state index in [9.17, 15) is 9.18 Å². The molecule has 16 heavy (non-hydrogen) atoms. The SMILES string of the molecule is CC(C)(CNC(=O)C#N)c1ccccc1F. The number of benzene rings is 1. The first kappa shape index (κ1) is 12.2. The number of hydrogen-bond donors (Lipinski definition) is 1. The summed E-state index contributed by atoms with van der Waals surface area (Å²) in [5.41, 5.74) is -0.0223. The van der Waals surface area contributed by atoms with Crippen molar-refractivity contribution in [2.24, 2.45) is 0 Å². The molecule has 0 heterocycles. The Labute approximate surface area is 93.9 Å². The van der Waals surface area contributed by atoms with E-state index in [1.807, 2.05) is 13.8 Å². The van der Waals surface area contributed by atoms with Crippen LogP contribution in [0.2, 0.25) is 0 Å². The van der Waals surface area contributed by atoms with E-state index in [1.165, 1.54) is 12.1 Å². The van der Waals surface area contributed by atoms with Crippen LogP contribution in [0.3, 0.4) is 0 Å². The van der Waals surface area contributed by atoms with Crippen LogP contribution < -0.4 is 5.32 Å². The van der Waals surface area contributed by atoms with E-state index >= 15 is 0 Å². The minimum atomic E-state index is -0.704. The van der Waals surface area contributed by atoms with E-state index in [0.717, 1.165) is 0 Å². The van der Waals surface area contributed by atoms with Gasteiger partial charge in [0.2, 0.25) is 0 Å². The molecule has 0 bridgehead atoms. The molecule has 1 aromatic carbocycles. The van der Waals surface area contributed by atoms with Crippen LogP contribution in [0.25, 0.3) is 0 Å². The van der Waals surface area contributed by atoms with E-state index < -0.39 is 11.3 Å². The quantitative estimate of drug-likeness (QED) is 0.789. The number of rotatable bonds is 3. The van der Waals surface area contributed by atoms with Gasteiger partial charge in [0.05, 0.1) is 0 Å². The predicted octanol–water partition coefficient (Wildman–Crippen LogP) is 1.74. The Hall–Kier alpha value is -1.89. The highest BCUT2D eigenvalue weighted by Crippen LogP contribution is 2.24. The van der Waals surface area contributed by atoms with E-state index in [1.54, 1.807) is 18.2 Å². The molecule has 0 fully saturated rings. The van der Waals surface area contributed by atoms with Crippen LogP contribution in [0.1, 0.15) is 19.4 Å². The van der Waals surface area contributed by atoms with Crippen LogP contribution in [0, 0.1) is 17.1 Å². The summed E-state index contributed by atoms with van der Waals surface area (Å²) in [6.45, 7) is 3.84. The maximum absolute atomic E-state index is 13.5. The molecule has 0 atom stereocenters. The molecule has 4 heteroatoms. The first-order valence-electron chi connectivity index (χ1n) is 4.90. The number of carbonyl (C=O) groups excluding carboxylic acids is 1. The lowest BCUT2D eigenvalue weighted by molar-refractivity contribution is -0.116. The van der Waals surface area contributed by atoms with Gasteiger partial charge in [0, 0.05) is 12.0 Å². The molecule has 0 spiro atoms. The number of nitrogens with zero attached hydrogens (tertiary/aromatic N) is 1. The summed E-state index contributed by atoms with van der Waals surface area (Å²) in [5, 5.41) is 10.8. The fraction of sp³-hybridized carbons (Fsp3) is 0.333. The third-order valence-electron chi connectivity index (χ3n) is 2.40. The third-order valence-corrected chi connectivity index (χ3v) is 2.40. The number of halogens is 1.